The molecule has 0 bridgehead atoms. The molecule has 98 valence electrons. The van der Waals surface area contributed by atoms with E-state index in [1.807, 2.05) is 24.3 Å². The average molecular weight is 320 g/mol. The number of amides is 1. The molecule has 0 fully saturated rings. The maximum atomic E-state index is 11.8. The van der Waals surface area contributed by atoms with Crippen molar-refractivity contribution >= 4 is 38.9 Å². The molecule has 2 rings (SSSR count). The molecule has 0 radical (unpaired) electrons. The molecule has 0 aliphatic carbocycles. The van der Waals surface area contributed by atoms with E-state index < -0.39 is 0 Å². The van der Waals surface area contributed by atoms with Gasteiger partial charge >= 0.3 is 0 Å². The van der Waals surface area contributed by atoms with Crippen LogP contribution in [0.4, 0.5) is 17.1 Å². The van der Waals surface area contributed by atoms with Crippen molar-refractivity contribution in [1.82, 2.24) is 5.32 Å². The Kier molecular flexibility index (Phi) is 4.06. The Bertz CT molecular complexity index is 613. The number of carbonyl (C=O) groups is 1. The second-order valence-electron chi connectivity index (χ2n) is 4.02. The Hall–Kier alpha value is -2.01. The van der Waals surface area contributed by atoms with Gasteiger partial charge in [0.05, 0.1) is 11.3 Å². The average Bonchev–Trinajstić information content (AvgIpc) is 2.38. The summed E-state index contributed by atoms with van der Waals surface area (Å²) in [5.74, 6) is -0.155. The molecule has 0 spiro atoms. The normalized spacial score (nSPS) is 10.0. The summed E-state index contributed by atoms with van der Waals surface area (Å²) in [6.07, 6.45) is 0. The minimum Gasteiger partial charge on any atom is -0.399 e. The summed E-state index contributed by atoms with van der Waals surface area (Å²) in [5, 5.41) is 5.81. The molecule has 0 aliphatic heterocycles. The standard InChI is InChI=1S/C14H14BrN3O/c1-17-14(19)12-6-5-10(16)8-13(12)18-11-4-2-3-9(15)7-11/h2-8,18H,16H2,1H3,(H,17,19). The molecule has 0 saturated heterocycles. The number of nitrogen functional groups attached to an aromatic ring is 1. The van der Waals surface area contributed by atoms with E-state index in [4.69, 9.17) is 5.73 Å². The Morgan fingerprint density at radius 3 is 2.68 bits per heavy atom. The summed E-state index contributed by atoms with van der Waals surface area (Å²) < 4.78 is 0.961. The molecule has 4 nitrogen and oxygen atoms in total. The third-order valence-corrected chi connectivity index (χ3v) is 3.11. The number of rotatable bonds is 3. The molecule has 0 unspecified atom stereocenters. The molecule has 0 heterocycles. The largest absolute Gasteiger partial charge is 0.399 e. The van der Waals surface area contributed by atoms with Crippen LogP contribution in [0.3, 0.4) is 0 Å². The number of carbonyl (C=O) groups excluding carboxylic acids is 1. The van der Waals surface area contributed by atoms with Gasteiger partial charge in [-0.05, 0) is 36.4 Å². The lowest BCUT2D eigenvalue weighted by molar-refractivity contribution is 0.0964. The number of nitrogens with two attached hydrogens (primary N) is 1. The monoisotopic (exact) mass is 319 g/mol. The molecular weight excluding hydrogens is 306 g/mol. The minimum absolute atomic E-state index is 0.155. The van der Waals surface area contributed by atoms with Crippen LogP contribution in [-0.2, 0) is 0 Å². The lowest BCUT2D eigenvalue weighted by atomic mass is 10.1. The first-order valence-corrected chi connectivity index (χ1v) is 6.53. The zero-order valence-corrected chi connectivity index (χ0v) is 12.0. The summed E-state index contributed by atoms with van der Waals surface area (Å²) >= 11 is 3.41. The predicted octanol–water partition coefficient (Wildman–Crippen LogP) is 3.13. The van der Waals surface area contributed by atoms with E-state index in [9.17, 15) is 4.79 Å². The van der Waals surface area contributed by atoms with E-state index in [1.165, 1.54) is 0 Å². The number of anilines is 3. The van der Waals surface area contributed by atoms with E-state index in [0.717, 1.165) is 10.2 Å². The molecule has 2 aromatic carbocycles. The molecular formula is C14H14BrN3O. The summed E-state index contributed by atoms with van der Waals surface area (Å²) in [4.78, 5) is 11.8. The summed E-state index contributed by atoms with van der Waals surface area (Å²) in [6, 6.07) is 12.8. The molecule has 5 heteroatoms. The summed E-state index contributed by atoms with van der Waals surface area (Å²) in [5.41, 5.74) is 8.48. The molecule has 2 aromatic rings. The Balaban J connectivity index is 2.38. The predicted molar refractivity (Wildman–Crippen MR) is 81.7 cm³/mol. The second kappa shape index (κ2) is 5.75. The van der Waals surface area contributed by atoms with Crippen LogP contribution in [0.25, 0.3) is 0 Å². The first-order valence-electron chi connectivity index (χ1n) is 5.74. The molecule has 0 aromatic heterocycles. The van der Waals surface area contributed by atoms with Gasteiger partial charge in [-0.2, -0.15) is 0 Å². The van der Waals surface area contributed by atoms with E-state index in [2.05, 4.69) is 26.6 Å². The fraction of sp³-hybridized carbons (Fsp3) is 0.0714. The van der Waals surface area contributed by atoms with Crippen LogP contribution in [0.15, 0.2) is 46.9 Å². The highest BCUT2D eigenvalue weighted by atomic mass is 79.9. The quantitative estimate of drug-likeness (QED) is 0.761. The maximum Gasteiger partial charge on any atom is 0.253 e. The van der Waals surface area contributed by atoms with Gasteiger partial charge < -0.3 is 16.4 Å². The van der Waals surface area contributed by atoms with Gasteiger partial charge in [-0.1, -0.05) is 22.0 Å². The fourth-order valence-electron chi connectivity index (χ4n) is 1.72. The van der Waals surface area contributed by atoms with E-state index in [0.29, 0.717) is 16.9 Å². The van der Waals surface area contributed by atoms with Crippen LogP contribution in [-0.4, -0.2) is 13.0 Å². The number of benzene rings is 2. The number of halogens is 1. The zero-order chi connectivity index (χ0) is 13.8. The maximum absolute atomic E-state index is 11.8. The smallest absolute Gasteiger partial charge is 0.253 e. The molecule has 0 aliphatic rings. The zero-order valence-electron chi connectivity index (χ0n) is 10.4. The van der Waals surface area contributed by atoms with E-state index in [-0.39, 0.29) is 5.91 Å². The van der Waals surface area contributed by atoms with Gasteiger partial charge in [0.25, 0.3) is 5.91 Å². The fourth-order valence-corrected chi connectivity index (χ4v) is 2.12. The van der Waals surface area contributed by atoms with Gasteiger partial charge in [0.2, 0.25) is 0 Å². The topological polar surface area (TPSA) is 67.2 Å². The molecule has 0 saturated carbocycles. The first-order chi connectivity index (χ1) is 9.10. The Morgan fingerprint density at radius 2 is 2.00 bits per heavy atom. The third-order valence-electron chi connectivity index (χ3n) is 2.62. The third kappa shape index (κ3) is 3.26. The van der Waals surface area contributed by atoms with Crippen LogP contribution in [0.5, 0.6) is 0 Å². The van der Waals surface area contributed by atoms with Gasteiger partial charge in [0.15, 0.2) is 0 Å². The van der Waals surface area contributed by atoms with Crippen LogP contribution in [0.2, 0.25) is 0 Å². The lowest BCUT2D eigenvalue weighted by Gasteiger charge is -2.12. The van der Waals surface area contributed by atoms with Gasteiger partial charge in [-0.3, -0.25) is 4.79 Å². The van der Waals surface area contributed by atoms with Crippen molar-refractivity contribution in [2.24, 2.45) is 0 Å². The SMILES string of the molecule is CNC(=O)c1ccc(N)cc1Nc1cccc(Br)c1. The second-order valence-corrected chi connectivity index (χ2v) is 4.94. The molecule has 1 amide bonds. The van der Waals surface area contributed by atoms with Crippen molar-refractivity contribution in [2.75, 3.05) is 18.1 Å². The minimum atomic E-state index is -0.155. The van der Waals surface area contributed by atoms with Crippen LogP contribution in [0.1, 0.15) is 10.4 Å². The van der Waals surface area contributed by atoms with Gasteiger partial charge in [-0.25, -0.2) is 0 Å². The Morgan fingerprint density at radius 1 is 1.21 bits per heavy atom. The molecule has 0 atom stereocenters. The van der Waals surface area contributed by atoms with E-state index in [1.54, 1.807) is 25.2 Å². The summed E-state index contributed by atoms with van der Waals surface area (Å²) in [7, 11) is 1.60. The van der Waals surface area contributed by atoms with Crippen molar-refractivity contribution in [1.29, 1.82) is 0 Å². The van der Waals surface area contributed by atoms with Crippen LogP contribution < -0.4 is 16.4 Å². The lowest BCUT2D eigenvalue weighted by Crippen LogP contribution is -2.19. The molecule has 19 heavy (non-hydrogen) atoms. The Labute approximate surface area is 120 Å². The van der Waals surface area contributed by atoms with Gasteiger partial charge in [0.1, 0.15) is 0 Å². The first kappa shape index (κ1) is 13.4. The van der Waals surface area contributed by atoms with Crippen molar-refractivity contribution in [3.63, 3.8) is 0 Å². The number of hydrogen-bond donors (Lipinski definition) is 3. The van der Waals surface area contributed by atoms with Crippen molar-refractivity contribution in [2.45, 2.75) is 0 Å². The summed E-state index contributed by atoms with van der Waals surface area (Å²) in [6.45, 7) is 0. The van der Waals surface area contributed by atoms with Crippen molar-refractivity contribution in [3.8, 4) is 0 Å². The highest BCUT2D eigenvalue weighted by Crippen LogP contribution is 2.25. The number of nitrogens with one attached hydrogen (secondary N) is 2. The van der Waals surface area contributed by atoms with Gasteiger partial charge in [0, 0.05) is 22.9 Å². The highest BCUT2D eigenvalue weighted by molar-refractivity contribution is 9.10. The van der Waals surface area contributed by atoms with Gasteiger partial charge in [-0.15, -0.1) is 0 Å². The highest BCUT2D eigenvalue weighted by Gasteiger charge is 2.10. The van der Waals surface area contributed by atoms with Crippen molar-refractivity contribution < 1.29 is 4.79 Å². The van der Waals surface area contributed by atoms with Crippen LogP contribution >= 0.6 is 15.9 Å². The molecule has 4 N–H and O–H groups in total. The van der Waals surface area contributed by atoms with E-state index >= 15 is 0 Å². The number of hydrogen-bond acceptors (Lipinski definition) is 3. The van der Waals surface area contributed by atoms with Crippen LogP contribution in [0, 0.1) is 0 Å². The van der Waals surface area contributed by atoms with Crippen molar-refractivity contribution in [3.05, 3.63) is 52.5 Å².